The number of anilines is 2. The molecule has 0 aliphatic heterocycles. The van der Waals surface area contributed by atoms with Crippen LogP contribution >= 0.6 is 23.4 Å². The van der Waals surface area contributed by atoms with E-state index in [1.807, 2.05) is 30.3 Å². The van der Waals surface area contributed by atoms with Gasteiger partial charge in [-0.2, -0.15) is 0 Å². The highest BCUT2D eigenvalue weighted by atomic mass is 35.5. The summed E-state index contributed by atoms with van der Waals surface area (Å²) in [6.07, 6.45) is 0. The summed E-state index contributed by atoms with van der Waals surface area (Å²) in [5.74, 6) is 0.280. The van der Waals surface area contributed by atoms with Crippen LogP contribution in [0.2, 0.25) is 5.02 Å². The lowest BCUT2D eigenvalue weighted by Crippen LogP contribution is -2.14. The largest absolute Gasteiger partial charge is 0.397 e. The van der Waals surface area contributed by atoms with Crippen LogP contribution in [-0.2, 0) is 4.79 Å². The molecule has 0 aliphatic carbocycles. The molecule has 3 nitrogen and oxygen atoms in total. The van der Waals surface area contributed by atoms with Gasteiger partial charge in [-0.05, 0) is 30.3 Å². The summed E-state index contributed by atoms with van der Waals surface area (Å²) in [5.41, 5.74) is 6.78. The number of hydrogen-bond donors (Lipinski definition) is 2. The van der Waals surface area contributed by atoms with Crippen LogP contribution in [0.1, 0.15) is 0 Å². The molecule has 0 heterocycles. The highest BCUT2D eigenvalue weighted by Crippen LogP contribution is 2.23. The fraction of sp³-hybridized carbons (Fsp3) is 0.0714. The first-order chi connectivity index (χ1) is 9.15. The van der Waals surface area contributed by atoms with Gasteiger partial charge >= 0.3 is 0 Å². The van der Waals surface area contributed by atoms with Crippen molar-refractivity contribution < 1.29 is 4.79 Å². The minimum Gasteiger partial charge on any atom is -0.397 e. The lowest BCUT2D eigenvalue weighted by atomic mass is 10.3. The Labute approximate surface area is 121 Å². The van der Waals surface area contributed by atoms with Crippen molar-refractivity contribution in [3.63, 3.8) is 0 Å². The van der Waals surface area contributed by atoms with Crippen LogP contribution in [0.4, 0.5) is 11.4 Å². The van der Waals surface area contributed by atoms with Crippen LogP contribution < -0.4 is 11.1 Å². The van der Waals surface area contributed by atoms with Crippen LogP contribution in [0, 0.1) is 0 Å². The molecular formula is C14H13ClN2OS. The lowest BCUT2D eigenvalue weighted by Gasteiger charge is -2.06. The van der Waals surface area contributed by atoms with Crippen molar-refractivity contribution in [2.45, 2.75) is 4.90 Å². The molecule has 0 radical (unpaired) electrons. The van der Waals surface area contributed by atoms with Gasteiger partial charge in [-0.3, -0.25) is 4.79 Å². The Balaban J connectivity index is 1.89. The smallest absolute Gasteiger partial charge is 0.234 e. The third kappa shape index (κ3) is 4.19. The van der Waals surface area contributed by atoms with Gasteiger partial charge in [0.05, 0.1) is 16.5 Å². The third-order valence-electron chi connectivity index (χ3n) is 2.39. The van der Waals surface area contributed by atoms with Crippen molar-refractivity contribution in [2.75, 3.05) is 16.8 Å². The maximum Gasteiger partial charge on any atom is 0.234 e. The van der Waals surface area contributed by atoms with Gasteiger partial charge < -0.3 is 11.1 Å². The molecule has 2 aromatic carbocycles. The van der Waals surface area contributed by atoms with Gasteiger partial charge in [0.25, 0.3) is 0 Å². The molecule has 1 amide bonds. The van der Waals surface area contributed by atoms with Gasteiger partial charge in [-0.25, -0.2) is 0 Å². The first-order valence-electron chi connectivity index (χ1n) is 5.68. The minimum absolute atomic E-state index is 0.0735. The molecule has 0 atom stereocenters. The number of carbonyl (C=O) groups excluding carboxylic acids is 1. The maximum atomic E-state index is 11.8. The summed E-state index contributed by atoms with van der Waals surface area (Å²) < 4.78 is 0. The summed E-state index contributed by atoms with van der Waals surface area (Å²) >= 11 is 7.30. The average molecular weight is 293 g/mol. The van der Waals surface area contributed by atoms with Crippen molar-refractivity contribution in [3.05, 3.63) is 53.6 Å². The van der Waals surface area contributed by atoms with E-state index >= 15 is 0 Å². The van der Waals surface area contributed by atoms with Crippen LogP contribution in [0.3, 0.4) is 0 Å². The van der Waals surface area contributed by atoms with Crippen molar-refractivity contribution in [3.8, 4) is 0 Å². The second-order valence-corrected chi connectivity index (χ2v) is 5.34. The molecule has 0 spiro atoms. The van der Waals surface area contributed by atoms with Gasteiger partial charge in [-0.15, -0.1) is 11.8 Å². The van der Waals surface area contributed by atoms with E-state index in [0.29, 0.717) is 22.2 Å². The third-order valence-corrected chi connectivity index (χ3v) is 3.75. The van der Waals surface area contributed by atoms with Gasteiger partial charge in [0.15, 0.2) is 0 Å². The number of amides is 1. The van der Waals surface area contributed by atoms with E-state index in [1.54, 1.807) is 18.2 Å². The summed E-state index contributed by atoms with van der Waals surface area (Å²) in [6, 6.07) is 14.8. The van der Waals surface area contributed by atoms with Crippen LogP contribution in [0.5, 0.6) is 0 Å². The number of hydrogen-bond acceptors (Lipinski definition) is 3. The van der Waals surface area contributed by atoms with E-state index < -0.39 is 0 Å². The molecule has 0 fully saturated rings. The molecule has 3 N–H and O–H groups in total. The van der Waals surface area contributed by atoms with E-state index in [1.165, 1.54) is 11.8 Å². The van der Waals surface area contributed by atoms with Crippen molar-refractivity contribution >= 4 is 40.6 Å². The molecule has 0 aliphatic rings. The van der Waals surface area contributed by atoms with Gasteiger partial charge in [0.2, 0.25) is 5.91 Å². The number of benzene rings is 2. The fourth-order valence-corrected chi connectivity index (χ4v) is 2.32. The monoisotopic (exact) mass is 292 g/mol. The molecule has 0 saturated heterocycles. The minimum atomic E-state index is -0.0735. The number of rotatable bonds is 4. The van der Waals surface area contributed by atoms with Gasteiger partial charge in [0, 0.05) is 10.6 Å². The Morgan fingerprint density at radius 3 is 2.63 bits per heavy atom. The van der Waals surface area contributed by atoms with Crippen molar-refractivity contribution in [2.24, 2.45) is 0 Å². The Hall–Kier alpha value is -1.65. The Morgan fingerprint density at radius 2 is 1.95 bits per heavy atom. The molecule has 0 unspecified atom stereocenters. The van der Waals surface area contributed by atoms with Crippen LogP contribution in [0.25, 0.3) is 0 Å². The van der Waals surface area contributed by atoms with Gasteiger partial charge in [-0.1, -0.05) is 29.8 Å². The predicted octanol–water partition coefficient (Wildman–Crippen LogP) is 3.65. The first kappa shape index (κ1) is 13.8. The highest BCUT2D eigenvalue weighted by Gasteiger charge is 2.05. The molecule has 19 heavy (non-hydrogen) atoms. The quantitative estimate of drug-likeness (QED) is 0.668. The summed E-state index contributed by atoms with van der Waals surface area (Å²) in [7, 11) is 0. The number of nitrogen functional groups attached to an aromatic ring is 1. The van der Waals surface area contributed by atoms with Gasteiger partial charge in [0.1, 0.15) is 0 Å². The van der Waals surface area contributed by atoms with Crippen molar-refractivity contribution in [1.29, 1.82) is 0 Å². The standard InChI is InChI=1S/C14H13ClN2OS/c15-12-7-6-10(8-13(12)16)17-14(18)9-19-11-4-2-1-3-5-11/h1-8H,9,16H2,(H,17,18). The fourth-order valence-electron chi connectivity index (χ4n) is 1.48. The lowest BCUT2D eigenvalue weighted by molar-refractivity contribution is -0.113. The Bertz CT molecular complexity index is 575. The SMILES string of the molecule is Nc1cc(NC(=O)CSc2ccccc2)ccc1Cl. The van der Waals surface area contributed by atoms with E-state index in [0.717, 1.165) is 4.90 Å². The zero-order chi connectivity index (χ0) is 13.7. The number of thioether (sulfide) groups is 1. The second-order valence-electron chi connectivity index (χ2n) is 3.89. The number of nitrogens with two attached hydrogens (primary N) is 1. The summed E-state index contributed by atoms with van der Waals surface area (Å²) in [4.78, 5) is 12.8. The molecule has 5 heteroatoms. The van der Waals surface area contributed by atoms with Crippen molar-refractivity contribution in [1.82, 2.24) is 0 Å². The highest BCUT2D eigenvalue weighted by molar-refractivity contribution is 8.00. The van der Waals surface area contributed by atoms with E-state index in [-0.39, 0.29) is 5.91 Å². The average Bonchev–Trinajstić information content (AvgIpc) is 2.42. The van der Waals surface area contributed by atoms with E-state index in [4.69, 9.17) is 17.3 Å². The number of carbonyl (C=O) groups is 1. The topological polar surface area (TPSA) is 55.1 Å². The zero-order valence-corrected chi connectivity index (χ0v) is 11.7. The molecule has 0 saturated carbocycles. The van der Waals surface area contributed by atoms with E-state index in [9.17, 15) is 4.79 Å². The van der Waals surface area contributed by atoms with E-state index in [2.05, 4.69) is 5.32 Å². The number of nitrogens with one attached hydrogen (secondary N) is 1. The number of halogens is 1. The second kappa shape index (κ2) is 6.50. The molecular weight excluding hydrogens is 280 g/mol. The molecule has 2 aromatic rings. The normalized spacial score (nSPS) is 10.2. The Kier molecular flexibility index (Phi) is 4.71. The zero-order valence-electron chi connectivity index (χ0n) is 10.1. The molecule has 98 valence electrons. The van der Waals surface area contributed by atoms with Crippen LogP contribution in [-0.4, -0.2) is 11.7 Å². The first-order valence-corrected chi connectivity index (χ1v) is 7.04. The molecule has 0 aromatic heterocycles. The summed E-state index contributed by atoms with van der Waals surface area (Å²) in [5, 5.41) is 3.26. The predicted molar refractivity (Wildman–Crippen MR) is 81.7 cm³/mol. The van der Waals surface area contributed by atoms with Crippen LogP contribution in [0.15, 0.2) is 53.4 Å². The summed E-state index contributed by atoms with van der Waals surface area (Å²) in [6.45, 7) is 0. The maximum absolute atomic E-state index is 11.8. The molecule has 2 rings (SSSR count). The molecule has 0 bridgehead atoms. The Morgan fingerprint density at radius 1 is 1.21 bits per heavy atom.